The summed E-state index contributed by atoms with van der Waals surface area (Å²) in [5, 5.41) is 10.7. The van der Waals surface area contributed by atoms with Gasteiger partial charge in [-0.3, -0.25) is 5.10 Å². The Morgan fingerprint density at radius 3 is 2.75 bits per heavy atom. The van der Waals surface area contributed by atoms with E-state index in [2.05, 4.69) is 29.4 Å². The molecular formula is C12H21N3O. The number of aryl methyl sites for hydroxylation is 2. The standard InChI is InChI=1S/C12H21N3O/c1-9-12(10(2)15-14-9)8-13-7-11-3-5-16-6-4-11/h11,13H,3-8H2,1-2H3,(H,14,15). The maximum atomic E-state index is 5.35. The molecular weight excluding hydrogens is 202 g/mol. The van der Waals surface area contributed by atoms with E-state index in [1.165, 1.54) is 24.1 Å². The third kappa shape index (κ3) is 2.83. The van der Waals surface area contributed by atoms with Gasteiger partial charge in [-0.1, -0.05) is 0 Å². The Hall–Kier alpha value is -0.870. The molecule has 0 radical (unpaired) electrons. The second-order valence-corrected chi connectivity index (χ2v) is 4.60. The molecule has 1 saturated heterocycles. The highest BCUT2D eigenvalue weighted by atomic mass is 16.5. The molecule has 0 aromatic carbocycles. The van der Waals surface area contributed by atoms with Crippen LogP contribution in [0.5, 0.6) is 0 Å². The van der Waals surface area contributed by atoms with Crippen LogP contribution >= 0.6 is 0 Å². The number of nitrogens with one attached hydrogen (secondary N) is 2. The number of nitrogens with zero attached hydrogens (tertiary/aromatic N) is 1. The smallest absolute Gasteiger partial charge is 0.0638 e. The number of rotatable bonds is 4. The van der Waals surface area contributed by atoms with Crippen molar-refractivity contribution < 1.29 is 4.74 Å². The van der Waals surface area contributed by atoms with Crippen molar-refractivity contribution in [3.63, 3.8) is 0 Å². The van der Waals surface area contributed by atoms with Crippen LogP contribution in [0.25, 0.3) is 0 Å². The van der Waals surface area contributed by atoms with E-state index in [1.54, 1.807) is 0 Å². The first-order valence-corrected chi connectivity index (χ1v) is 6.06. The van der Waals surface area contributed by atoms with Gasteiger partial charge < -0.3 is 10.1 Å². The molecule has 2 heterocycles. The monoisotopic (exact) mass is 223 g/mol. The van der Waals surface area contributed by atoms with Gasteiger partial charge in [0.05, 0.1) is 5.69 Å². The summed E-state index contributed by atoms with van der Waals surface area (Å²) in [5.74, 6) is 0.779. The van der Waals surface area contributed by atoms with Crippen LogP contribution in [0.4, 0.5) is 0 Å². The summed E-state index contributed by atoms with van der Waals surface area (Å²) in [7, 11) is 0. The summed E-state index contributed by atoms with van der Waals surface area (Å²) < 4.78 is 5.35. The molecule has 4 nitrogen and oxygen atoms in total. The van der Waals surface area contributed by atoms with Crippen LogP contribution in [0.2, 0.25) is 0 Å². The fourth-order valence-electron chi connectivity index (χ4n) is 2.19. The molecule has 1 aromatic heterocycles. The van der Waals surface area contributed by atoms with Gasteiger partial charge in [0, 0.05) is 31.0 Å². The van der Waals surface area contributed by atoms with E-state index >= 15 is 0 Å². The molecule has 0 amide bonds. The van der Waals surface area contributed by atoms with Gasteiger partial charge in [0.1, 0.15) is 0 Å². The molecule has 1 aliphatic rings. The minimum atomic E-state index is 0.779. The first kappa shape index (κ1) is 11.6. The average Bonchev–Trinajstić information content (AvgIpc) is 2.62. The Bertz CT molecular complexity index is 310. The molecule has 2 N–H and O–H groups in total. The van der Waals surface area contributed by atoms with Crippen molar-refractivity contribution in [1.82, 2.24) is 15.5 Å². The number of H-pyrrole nitrogens is 1. The van der Waals surface area contributed by atoms with E-state index < -0.39 is 0 Å². The van der Waals surface area contributed by atoms with Gasteiger partial charge in [-0.05, 0) is 39.2 Å². The molecule has 2 rings (SSSR count). The Morgan fingerprint density at radius 1 is 1.38 bits per heavy atom. The minimum absolute atomic E-state index is 0.779. The van der Waals surface area contributed by atoms with Gasteiger partial charge in [0.15, 0.2) is 0 Å². The Morgan fingerprint density at radius 2 is 2.12 bits per heavy atom. The van der Waals surface area contributed by atoms with Gasteiger partial charge in [-0.15, -0.1) is 0 Å². The number of aromatic amines is 1. The summed E-state index contributed by atoms with van der Waals surface area (Å²) in [4.78, 5) is 0. The molecule has 4 heteroatoms. The van der Waals surface area contributed by atoms with E-state index in [1.807, 2.05) is 0 Å². The third-order valence-corrected chi connectivity index (χ3v) is 3.36. The first-order chi connectivity index (χ1) is 7.77. The fraction of sp³-hybridized carbons (Fsp3) is 0.750. The molecule has 0 bridgehead atoms. The van der Waals surface area contributed by atoms with Crippen LogP contribution in [-0.2, 0) is 11.3 Å². The molecule has 1 aromatic rings. The summed E-state index contributed by atoms with van der Waals surface area (Å²) in [6, 6.07) is 0. The SMILES string of the molecule is Cc1n[nH]c(C)c1CNCC1CCOCC1. The van der Waals surface area contributed by atoms with Crippen molar-refractivity contribution in [2.45, 2.75) is 33.2 Å². The normalized spacial score (nSPS) is 17.9. The number of hydrogen-bond acceptors (Lipinski definition) is 3. The van der Waals surface area contributed by atoms with E-state index in [4.69, 9.17) is 4.74 Å². The lowest BCUT2D eigenvalue weighted by Crippen LogP contribution is -2.27. The van der Waals surface area contributed by atoms with Crippen LogP contribution in [0, 0.1) is 19.8 Å². The van der Waals surface area contributed by atoms with E-state index in [0.717, 1.165) is 37.9 Å². The lowest BCUT2D eigenvalue weighted by atomic mass is 10.0. The third-order valence-electron chi connectivity index (χ3n) is 3.36. The van der Waals surface area contributed by atoms with Crippen molar-refractivity contribution in [3.05, 3.63) is 17.0 Å². The topological polar surface area (TPSA) is 49.9 Å². The van der Waals surface area contributed by atoms with E-state index in [9.17, 15) is 0 Å². The van der Waals surface area contributed by atoms with Crippen LogP contribution in [0.1, 0.15) is 29.8 Å². The number of hydrogen-bond donors (Lipinski definition) is 2. The van der Waals surface area contributed by atoms with E-state index in [-0.39, 0.29) is 0 Å². The zero-order valence-electron chi connectivity index (χ0n) is 10.2. The van der Waals surface area contributed by atoms with Gasteiger partial charge in [-0.25, -0.2) is 0 Å². The highest BCUT2D eigenvalue weighted by molar-refractivity contribution is 5.22. The summed E-state index contributed by atoms with van der Waals surface area (Å²) in [6.07, 6.45) is 2.38. The first-order valence-electron chi connectivity index (χ1n) is 6.06. The van der Waals surface area contributed by atoms with Gasteiger partial charge in [0.25, 0.3) is 0 Å². The van der Waals surface area contributed by atoms with Gasteiger partial charge in [0.2, 0.25) is 0 Å². The quantitative estimate of drug-likeness (QED) is 0.814. The summed E-state index contributed by atoms with van der Waals surface area (Å²) in [6.45, 7) is 7.99. The van der Waals surface area contributed by atoms with E-state index in [0.29, 0.717) is 0 Å². The van der Waals surface area contributed by atoms with Crippen LogP contribution in [-0.4, -0.2) is 30.0 Å². The molecule has 0 aliphatic carbocycles. The molecule has 90 valence electrons. The number of aromatic nitrogens is 2. The average molecular weight is 223 g/mol. The maximum absolute atomic E-state index is 5.35. The lowest BCUT2D eigenvalue weighted by molar-refractivity contribution is 0.0662. The second kappa shape index (κ2) is 5.46. The zero-order valence-corrected chi connectivity index (χ0v) is 10.2. The van der Waals surface area contributed by atoms with Crippen LogP contribution < -0.4 is 5.32 Å². The van der Waals surface area contributed by atoms with Crippen molar-refractivity contribution >= 4 is 0 Å². The molecule has 0 atom stereocenters. The van der Waals surface area contributed by atoms with Crippen LogP contribution in [0.3, 0.4) is 0 Å². The largest absolute Gasteiger partial charge is 0.381 e. The van der Waals surface area contributed by atoms with Gasteiger partial charge in [-0.2, -0.15) is 5.10 Å². The predicted octanol–water partition coefficient (Wildman–Crippen LogP) is 1.54. The van der Waals surface area contributed by atoms with Crippen molar-refractivity contribution in [1.29, 1.82) is 0 Å². The highest BCUT2D eigenvalue weighted by Crippen LogP contribution is 2.14. The zero-order chi connectivity index (χ0) is 11.4. The highest BCUT2D eigenvalue weighted by Gasteiger charge is 2.13. The molecule has 16 heavy (non-hydrogen) atoms. The Labute approximate surface area is 96.8 Å². The Balaban J connectivity index is 1.75. The van der Waals surface area contributed by atoms with Crippen molar-refractivity contribution in [2.75, 3.05) is 19.8 Å². The lowest BCUT2D eigenvalue weighted by Gasteiger charge is -2.22. The maximum Gasteiger partial charge on any atom is 0.0638 e. The minimum Gasteiger partial charge on any atom is -0.381 e. The second-order valence-electron chi connectivity index (χ2n) is 4.60. The predicted molar refractivity (Wildman–Crippen MR) is 63.3 cm³/mol. The summed E-state index contributed by atoms with van der Waals surface area (Å²) in [5.41, 5.74) is 3.60. The summed E-state index contributed by atoms with van der Waals surface area (Å²) >= 11 is 0. The molecule has 1 fully saturated rings. The molecule has 1 aliphatic heterocycles. The van der Waals surface area contributed by atoms with Gasteiger partial charge >= 0.3 is 0 Å². The Kier molecular flexibility index (Phi) is 3.96. The molecule has 0 saturated carbocycles. The van der Waals surface area contributed by atoms with Crippen LogP contribution in [0.15, 0.2) is 0 Å². The number of ether oxygens (including phenoxy) is 1. The molecule has 0 unspecified atom stereocenters. The van der Waals surface area contributed by atoms with Crippen molar-refractivity contribution in [2.24, 2.45) is 5.92 Å². The fourth-order valence-corrected chi connectivity index (χ4v) is 2.19. The van der Waals surface area contributed by atoms with Crippen molar-refractivity contribution in [3.8, 4) is 0 Å². The molecule has 0 spiro atoms.